The molecule has 0 amide bonds. The molecule has 0 atom stereocenters. The lowest BCUT2D eigenvalue weighted by molar-refractivity contribution is 0.409. The fraction of sp³-hybridized carbons (Fsp3) is 0.217. The third kappa shape index (κ3) is 6.62. The van der Waals surface area contributed by atoms with Crippen molar-refractivity contribution in [2.24, 2.45) is 4.99 Å². The van der Waals surface area contributed by atoms with E-state index >= 15 is 0 Å². The van der Waals surface area contributed by atoms with Crippen LogP contribution in [0, 0.1) is 0 Å². The summed E-state index contributed by atoms with van der Waals surface area (Å²) in [5.74, 6) is 1.57. The molecule has 2 aromatic carbocycles. The van der Waals surface area contributed by atoms with Crippen LogP contribution in [0.25, 0.3) is 0 Å². The van der Waals surface area contributed by atoms with Gasteiger partial charge in [-0.15, -0.1) is 24.0 Å². The molecule has 0 bridgehead atoms. The number of pyridine rings is 1. The van der Waals surface area contributed by atoms with E-state index < -0.39 is 0 Å². The maximum Gasteiger partial charge on any atom is 0.250 e. The number of aliphatic imine (C=N–C) groups is 1. The van der Waals surface area contributed by atoms with Crippen molar-refractivity contribution in [2.75, 3.05) is 14.2 Å². The lowest BCUT2D eigenvalue weighted by atomic mass is 10.1. The molecular weight excluding hydrogens is 491 g/mol. The van der Waals surface area contributed by atoms with Gasteiger partial charge in [-0.1, -0.05) is 48.5 Å². The smallest absolute Gasteiger partial charge is 0.250 e. The average molecular weight is 518 g/mol. The Morgan fingerprint density at radius 3 is 2.30 bits per heavy atom. The summed E-state index contributed by atoms with van der Waals surface area (Å²) in [6, 6.07) is 21.3. The second kappa shape index (κ2) is 12.0. The van der Waals surface area contributed by atoms with Gasteiger partial charge in [0, 0.05) is 38.0 Å². The predicted octanol–water partition coefficient (Wildman–Crippen LogP) is 3.39. The maximum absolute atomic E-state index is 11.8. The van der Waals surface area contributed by atoms with Gasteiger partial charge in [-0.25, -0.2) is 0 Å². The van der Waals surface area contributed by atoms with Crippen LogP contribution in [0.15, 0.2) is 82.7 Å². The van der Waals surface area contributed by atoms with Crippen LogP contribution in [0.4, 0.5) is 0 Å². The van der Waals surface area contributed by atoms with Crippen LogP contribution in [0.3, 0.4) is 0 Å². The maximum atomic E-state index is 11.8. The van der Waals surface area contributed by atoms with E-state index in [0.29, 0.717) is 19.6 Å². The van der Waals surface area contributed by atoms with E-state index in [4.69, 9.17) is 4.74 Å². The number of methoxy groups -OCH3 is 1. The van der Waals surface area contributed by atoms with Crippen molar-refractivity contribution in [3.63, 3.8) is 0 Å². The van der Waals surface area contributed by atoms with Crippen LogP contribution in [0.1, 0.15) is 16.7 Å². The standard InChI is InChI=1S/C23H26N4O2.HI/c1-24-23(26-16-20-7-3-4-8-21(20)29-2)25-15-18-10-12-19(13-11-18)17-27-14-6-5-9-22(27)28;/h3-14H,15-17H2,1-2H3,(H2,24,25,26);1H. The number of benzene rings is 2. The minimum absolute atomic E-state index is 0. The quantitative estimate of drug-likeness (QED) is 0.286. The largest absolute Gasteiger partial charge is 0.496 e. The fourth-order valence-corrected chi connectivity index (χ4v) is 2.98. The molecule has 158 valence electrons. The topological polar surface area (TPSA) is 67.7 Å². The van der Waals surface area contributed by atoms with Gasteiger partial charge >= 0.3 is 0 Å². The Labute approximate surface area is 194 Å². The first-order valence-corrected chi connectivity index (χ1v) is 9.49. The van der Waals surface area contributed by atoms with Gasteiger partial charge in [-0.2, -0.15) is 0 Å². The Morgan fingerprint density at radius 2 is 1.60 bits per heavy atom. The number of aromatic nitrogens is 1. The van der Waals surface area contributed by atoms with Crippen molar-refractivity contribution in [2.45, 2.75) is 19.6 Å². The van der Waals surface area contributed by atoms with Crippen molar-refractivity contribution in [3.8, 4) is 5.75 Å². The summed E-state index contributed by atoms with van der Waals surface area (Å²) in [4.78, 5) is 16.1. The monoisotopic (exact) mass is 518 g/mol. The zero-order valence-corrected chi connectivity index (χ0v) is 19.5. The van der Waals surface area contributed by atoms with E-state index in [1.807, 2.05) is 42.5 Å². The van der Waals surface area contributed by atoms with Crippen LogP contribution < -0.4 is 20.9 Å². The molecule has 0 aliphatic carbocycles. The van der Waals surface area contributed by atoms with Crippen LogP contribution in [-0.2, 0) is 19.6 Å². The SMILES string of the molecule is CN=C(NCc1ccc(Cn2ccccc2=O)cc1)NCc1ccccc1OC.I. The van der Waals surface area contributed by atoms with E-state index in [1.165, 1.54) is 0 Å². The third-order valence-corrected chi connectivity index (χ3v) is 4.60. The zero-order chi connectivity index (χ0) is 20.5. The number of hydrogen-bond acceptors (Lipinski definition) is 3. The van der Waals surface area contributed by atoms with Crippen molar-refractivity contribution in [3.05, 3.63) is 100.0 Å². The number of halogens is 1. The van der Waals surface area contributed by atoms with Crippen LogP contribution >= 0.6 is 24.0 Å². The Kier molecular flexibility index (Phi) is 9.40. The molecule has 0 aliphatic heterocycles. The molecule has 0 saturated heterocycles. The van der Waals surface area contributed by atoms with E-state index in [0.717, 1.165) is 28.4 Å². The van der Waals surface area contributed by atoms with Gasteiger partial charge in [-0.3, -0.25) is 9.79 Å². The first-order chi connectivity index (χ1) is 14.2. The highest BCUT2D eigenvalue weighted by Crippen LogP contribution is 2.16. The minimum Gasteiger partial charge on any atom is -0.496 e. The average Bonchev–Trinajstić information content (AvgIpc) is 2.76. The highest BCUT2D eigenvalue weighted by atomic mass is 127. The molecule has 1 heterocycles. The molecule has 6 nitrogen and oxygen atoms in total. The van der Waals surface area contributed by atoms with Crippen molar-refractivity contribution < 1.29 is 4.74 Å². The molecule has 0 spiro atoms. The number of rotatable bonds is 7. The molecule has 2 N–H and O–H groups in total. The molecule has 1 aromatic heterocycles. The molecule has 0 radical (unpaired) electrons. The summed E-state index contributed by atoms with van der Waals surface area (Å²) in [6.07, 6.45) is 1.80. The molecule has 3 rings (SSSR count). The van der Waals surface area contributed by atoms with Crippen molar-refractivity contribution >= 4 is 29.9 Å². The zero-order valence-electron chi connectivity index (χ0n) is 17.2. The number of ether oxygens (including phenoxy) is 1. The van der Waals surface area contributed by atoms with E-state index in [-0.39, 0.29) is 29.5 Å². The minimum atomic E-state index is 0. The van der Waals surface area contributed by atoms with Gasteiger partial charge < -0.3 is 19.9 Å². The molecule has 0 aliphatic rings. The Morgan fingerprint density at radius 1 is 0.933 bits per heavy atom. The summed E-state index contributed by atoms with van der Waals surface area (Å²) in [5, 5.41) is 6.62. The molecule has 0 saturated carbocycles. The number of nitrogens with zero attached hydrogens (tertiary/aromatic N) is 2. The first-order valence-electron chi connectivity index (χ1n) is 9.49. The van der Waals surface area contributed by atoms with Gasteiger partial charge in [-0.05, 0) is 23.3 Å². The van der Waals surface area contributed by atoms with Crippen LogP contribution in [-0.4, -0.2) is 24.7 Å². The third-order valence-electron chi connectivity index (χ3n) is 4.60. The highest BCUT2D eigenvalue weighted by Gasteiger charge is 2.04. The van der Waals surface area contributed by atoms with E-state index in [9.17, 15) is 4.79 Å². The first kappa shape index (κ1) is 23.5. The normalized spacial score (nSPS) is 10.8. The van der Waals surface area contributed by atoms with E-state index in [2.05, 4.69) is 27.8 Å². The number of hydrogen-bond donors (Lipinski definition) is 2. The second-order valence-electron chi connectivity index (χ2n) is 6.57. The van der Waals surface area contributed by atoms with Crippen molar-refractivity contribution in [1.82, 2.24) is 15.2 Å². The molecule has 0 unspecified atom stereocenters. The Balaban J connectivity index is 0.00000320. The van der Waals surface area contributed by atoms with Gasteiger partial charge in [0.25, 0.3) is 5.56 Å². The number of nitrogens with one attached hydrogen (secondary N) is 2. The van der Waals surface area contributed by atoms with Crippen molar-refractivity contribution in [1.29, 1.82) is 0 Å². The summed E-state index contributed by atoms with van der Waals surface area (Å²) in [6.45, 7) is 1.83. The molecule has 0 fully saturated rings. The van der Waals surface area contributed by atoms with Crippen LogP contribution in [0.5, 0.6) is 5.75 Å². The van der Waals surface area contributed by atoms with Crippen LogP contribution in [0.2, 0.25) is 0 Å². The molecule has 7 heteroatoms. The molecule has 30 heavy (non-hydrogen) atoms. The van der Waals surface area contributed by atoms with Gasteiger partial charge in [0.05, 0.1) is 13.7 Å². The van der Waals surface area contributed by atoms with E-state index in [1.54, 1.807) is 37.1 Å². The summed E-state index contributed by atoms with van der Waals surface area (Å²) >= 11 is 0. The van der Waals surface area contributed by atoms with Gasteiger partial charge in [0.1, 0.15) is 5.75 Å². The Hall–Kier alpha value is -2.81. The Bertz CT molecular complexity index is 1020. The predicted molar refractivity (Wildman–Crippen MR) is 132 cm³/mol. The summed E-state index contributed by atoms with van der Waals surface area (Å²) in [5.41, 5.74) is 3.29. The number of para-hydroxylation sites is 1. The molecular formula is C23H27IN4O2. The summed E-state index contributed by atoms with van der Waals surface area (Å²) < 4.78 is 7.07. The lowest BCUT2D eigenvalue weighted by Crippen LogP contribution is -2.36. The molecule has 3 aromatic rings. The second-order valence-corrected chi connectivity index (χ2v) is 6.57. The van der Waals surface area contributed by atoms with Gasteiger partial charge in [0.15, 0.2) is 5.96 Å². The fourth-order valence-electron chi connectivity index (χ4n) is 2.98. The lowest BCUT2D eigenvalue weighted by Gasteiger charge is -2.14. The summed E-state index contributed by atoms with van der Waals surface area (Å²) in [7, 11) is 3.42. The van der Waals surface area contributed by atoms with Gasteiger partial charge in [0.2, 0.25) is 0 Å². The number of guanidine groups is 1. The highest BCUT2D eigenvalue weighted by molar-refractivity contribution is 14.0.